The highest BCUT2D eigenvalue weighted by molar-refractivity contribution is 6.01. The molecule has 0 saturated carbocycles. The van der Waals surface area contributed by atoms with Gasteiger partial charge in [0.25, 0.3) is 5.91 Å². The van der Waals surface area contributed by atoms with E-state index in [1.807, 2.05) is 43.3 Å². The Balaban J connectivity index is 1.55. The molecular weight excluding hydrogens is 336 g/mol. The van der Waals surface area contributed by atoms with Gasteiger partial charge in [-0.05, 0) is 42.8 Å². The van der Waals surface area contributed by atoms with Crippen LogP contribution in [0.25, 0.3) is 21.8 Å². The lowest BCUT2D eigenvalue weighted by Crippen LogP contribution is -2.17. The molecule has 0 aliphatic rings. The number of imidazole rings is 1. The van der Waals surface area contributed by atoms with E-state index in [1.54, 1.807) is 18.3 Å². The topological polar surface area (TPSA) is 59.3 Å². The molecular formula is C22H20N4O. The fraction of sp³-hybridized carbons (Fsp3) is 0.136. The Morgan fingerprint density at radius 3 is 2.81 bits per heavy atom. The Labute approximate surface area is 157 Å². The van der Waals surface area contributed by atoms with E-state index in [9.17, 15) is 4.79 Å². The number of carbonyl (C=O) groups is 1. The molecule has 0 saturated heterocycles. The van der Waals surface area contributed by atoms with E-state index in [2.05, 4.69) is 39.1 Å². The van der Waals surface area contributed by atoms with Gasteiger partial charge in [-0.15, -0.1) is 0 Å². The van der Waals surface area contributed by atoms with Gasteiger partial charge in [-0.25, -0.2) is 10.4 Å². The van der Waals surface area contributed by atoms with Crippen LogP contribution in [-0.4, -0.2) is 21.7 Å². The van der Waals surface area contributed by atoms with Gasteiger partial charge in [0.15, 0.2) is 0 Å². The fourth-order valence-electron chi connectivity index (χ4n) is 3.38. The number of aryl methyl sites for hydroxylation is 2. The molecule has 1 aromatic heterocycles. The van der Waals surface area contributed by atoms with Crippen molar-refractivity contribution in [1.82, 2.24) is 15.0 Å². The molecule has 0 bridgehead atoms. The standard InChI is InChI=1S/C22H20N4O/c1-3-26-15(2)24-20-13-17(11-12-21(20)26)22(27)25-23-14-18-9-6-8-16-7-4-5-10-19(16)18/h4-14H,3H2,1-2H3,(H,25,27)/b23-14+. The Kier molecular flexibility index (Phi) is 4.42. The molecule has 0 radical (unpaired) electrons. The summed E-state index contributed by atoms with van der Waals surface area (Å²) in [6.45, 7) is 4.90. The van der Waals surface area contributed by atoms with Gasteiger partial charge in [0, 0.05) is 17.7 Å². The first-order chi connectivity index (χ1) is 13.2. The van der Waals surface area contributed by atoms with E-state index >= 15 is 0 Å². The summed E-state index contributed by atoms with van der Waals surface area (Å²) < 4.78 is 2.12. The van der Waals surface area contributed by atoms with E-state index in [0.717, 1.165) is 39.7 Å². The number of rotatable bonds is 4. The van der Waals surface area contributed by atoms with Crippen molar-refractivity contribution < 1.29 is 4.79 Å². The largest absolute Gasteiger partial charge is 0.329 e. The number of hydrogen-bond acceptors (Lipinski definition) is 3. The van der Waals surface area contributed by atoms with Gasteiger partial charge in [0.2, 0.25) is 0 Å². The van der Waals surface area contributed by atoms with Crippen LogP contribution in [0, 0.1) is 6.92 Å². The molecule has 0 unspecified atom stereocenters. The van der Waals surface area contributed by atoms with E-state index in [4.69, 9.17) is 0 Å². The van der Waals surface area contributed by atoms with Crippen molar-refractivity contribution in [3.8, 4) is 0 Å². The summed E-state index contributed by atoms with van der Waals surface area (Å²) in [5, 5.41) is 6.37. The number of nitrogens with zero attached hydrogens (tertiary/aromatic N) is 3. The van der Waals surface area contributed by atoms with Gasteiger partial charge in [-0.3, -0.25) is 4.79 Å². The van der Waals surface area contributed by atoms with Crippen molar-refractivity contribution in [3.05, 3.63) is 77.6 Å². The van der Waals surface area contributed by atoms with Crippen molar-refractivity contribution in [3.63, 3.8) is 0 Å². The number of nitrogens with one attached hydrogen (secondary N) is 1. The molecule has 27 heavy (non-hydrogen) atoms. The molecule has 1 heterocycles. The maximum absolute atomic E-state index is 12.4. The quantitative estimate of drug-likeness (QED) is 0.438. The number of aromatic nitrogens is 2. The minimum Gasteiger partial charge on any atom is -0.329 e. The van der Waals surface area contributed by atoms with Gasteiger partial charge in [-0.1, -0.05) is 42.5 Å². The highest BCUT2D eigenvalue weighted by atomic mass is 16.2. The minimum absolute atomic E-state index is 0.253. The highest BCUT2D eigenvalue weighted by Crippen LogP contribution is 2.18. The summed E-state index contributed by atoms with van der Waals surface area (Å²) in [6, 6.07) is 19.6. The van der Waals surface area contributed by atoms with Crippen molar-refractivity contribution >= 4 is 33.9 Å². The molecule has 0 fully saturated rings. The average Bonchev–Trinajstić information content (AvgIpc) is 3.02. The second-order valence-corrected chi connectivity index (χ2v) is 6.37. The first-order valence-corrected chi connectivity index (χ1v) is 8.95. The third kappa shape index (κ3) is 3.19. The maximum Gasteiger partial charge on any atom is 0.271 e. The van der Waals surface area contributed by atoms with Crippen LogP contribution in [-0.2, 0) is 6.54 Å². The minimum atomic E-state index is -0.253. The van der Waals surface area contributed by atoms with Gasteiger partial charge in [-0.2, -0.15) is 5.10 Å². The Morgan fingerprint density at radius 1 is 1.15 bits per heavy atom. The average molecular weight is 356 g/mol. The van der Waals surface area contributed by atoms with Gasteiger partial charge in [0.1, 0.15) is 5.82 Å². The summed E-state index contributed by atoms with van der Waals surface area (Å²) in [4.78, 5) is 17.0. The smallest absolute Gasteiger partial charge is 0.271 e. The lowest BCUT2D eigenvalue weighted by atomic mass is 10.1. The maximum atomic E-state index is 12.4. The van der Waals surface area contributed by atoms with Crippen molar-refractivity contribution in [2.75, 3.05) is 0 Å². The van der Waals surface area contributed by atoms with Crippen LogP contribution in [0.4, 0.5) is 0 Å². The third-order valence-electron chi connectivity index (χ3n) is 4.71. The number of benzene rings is 3. The van der Waals surface area contributed by atoms with Crippen LogP contribution in [0.5, 0.6) is 0 Å². The van der Waals surface area contributed by atoms with Crippen LogP contribution in [0.1, 0.15) is 28.7 Å². The van der Waals surface area contributed by atoms with Gasteiger partial charge >= 0.3 is 0 Å². The van der Waals surface area contributed by atoms with E-state index in [0.29, 0.717) is 5.56 Å². The first kappa shape index (κ1) is 17.0. The van der Waals surface area contributed by atoms with Crippen molar-refractivity contribution in [1.29, 1.82) is 0 Å². The molecule has 1 amide bonds. The second kappa shape index (κ2) is 7.03. The zero-order valence-corrected chi connectivity index (χ0v) is 15.3. The van der Waals surface area contributed by atoms with Crippen molar-refractivity contribution in [2.45, 2.75) is 20.4 Å². The molecule has 4 aromatic rings. The molecule has 134 valence electrons. The summed E-state index contributed by atoms with van der Waals surface area (Å²) in [5.41, 5.74) is 5.96. The second-order valence-electron chi connectivity index (χ2n) is 6.37. The third-order valence-corrected chi connectivity index (χ3v) is 4.71. The molecule has 4 rings (SSSR count). The molecule has 1 N–H and O–H groups in total. The number of hydrazone groups is 1. The normalized spacial score (nSPS) is 11.5. The van der Waals surface area contributed by atoms with Crippen LogP contribution >= 0.6 is 0 Å². The van der Waals surface area contributed by atoms with Crippen molar-refractivity contribution in [2.24, 2.45) is 5.10 Å². The molecule has 0 aliphatic heterocycles. The van der Waals surface area contributed by atoms with E-state index < -0.39 is 0 Å². The zero-order valence-electron chi connectivity index (χ0n) is 15.3. The van der Waals surface area contributed by atoms with Crippen LogP contribution in [0.15, 0.2) is 65.8 Å². The van der Waals surface area contributed by atoms with E-state index in [1.165, 1.54) is 0 Å². The lowest BCUT2D eigenvalue weighted by molar-refractivity contribution is 0.0955. The number of carbonyl (C=O) groups excluding carboxylic acids is 1. The van der Waals surface area contributed by atoms with E-state index in [-0.39, 0.29) is 5.91 Å². The molecule has 5 nitrogen and oxygen atoms in total. The molecule has 3 aromatic carbocycles. The Morgan fingerprint density at radius 2 is 1.96 bits per heavy atom. The predicted molar refractivity (Wildman–Crippen MR) is 109 cm³/mol. The summed E-state index contributed by atoms with van der Waals surface area (Å²) in [7, 11) is 0. The number of amides is 1. The fourth-order valence-corrected chi connectivity index (χ4v) is 3.38. The highest BCUT2D eigenvalue weighted by Gasteiger charge is 2.10. The van der Waals surface area contributed by atoms with Gasteiger partial charge in [0.05, 0.1) is 17.2 Å². The summed E-state index contributed by atoms with van der Waals surface area (Å²) in [6.07, 6.45) is 1.68. The lowest BCUT2D eigenvalue weighted by Gasteiger charge is -2.03. The van der Waals surface area contributed by atoms with Crippen LogP contribution in [0.2, 0.25) is 0 Å². The number of fused-ring (bicyclic) bond motifs is 2. The SMILES string of the molecule is CCn1c(C)nc2cc(C(=O)N/N=C/c3cccc4ccccc34)ccc21. The monoisotopic (exact) mass is 356 g/mol. The Bertz CT molecular complexity index is 1170. The van der Waals surface area contributed by atoms with Gasteiger partial charge < -0.3 is 4.57 Å². The number of hydrogen-bond donors (Lipinski definition) is 1. The molecule has 0 spiro atoms. The summed E-state index contributed by atoms with van der Waals surface area (Å²) >= 11 is 0. The predicted octanol–water partition coefficient (Wildman–Crippen LogP) is 4.28. The van der Waals surface area contributed by atoms with Crippen LogP contribution in [0.3, 0.4) is 0 Å². The molecule has 5 heteroatoms. The summed E-state index contributed by atoms with van der Waals surface area (Å²) in [5.74, 6) is 0.691. The molecule has 0 atom stereocenters. The Hall–Kier alpha value is -3.47. The zero-order chi connectivity index (χ0) is 18.8. The molecule has 0 aliphatic carbocycles. The van der Waals surface area contributed by atoms with Crippen LogP contribution < -0.4 is 5.43 Å². The first-order valence-electron chi connectivity index (χ1n) is 8.95.